The SMILES string of the molecule is [CH2+]C(C)(c1ccc(OCCCCCCCC)cc1)c1c(C=O)cc(OC)cc1CO. The summed E-state index contributed by atoms with van der Waals surface area (Å²) in [4.78, 5) is 11.7. The number of ether oxygens (including phenoxy) is 2. The Labute approximate surface area is 181 Å². The van der Waals surface area contributed by atoms with Gasteiger partial charge in [-0.05, 0) is 43.2 Å². The molecule has 1 N–H and O–H groups in total. The Hall–Kier alpha value is -2.46. The first kappa shape index (κ1) is 23.8. The van der Waals surface area contributed by atoms with E-state index in [9.17, 15) is 9.90 Å². The van der Waals surface area contributed by atoms with Gasteiger partial charge in [-0.1, -0.05) is 51.2 Å². The highest BCUT2D eigenvalue weighted by molar-refractivity contribution is 5.80. The van der Waals surface area contributed by atoms with Crippen molar-refractivity contribution in [2.75, 3.05) is 13.7 Å². The van der Waals surface area contributed by atoms with Gasteiger partial charge in [0.05, 0.1) is 27.2 Å². The number of unbranched alkanes of at least 4 members (excludes halogenated alkanes) is 5. The number of methoxy groups -OCH3 is 1. The number of aldehydes is 1. The molecule has 0 aromatic heterocycles. The number of carbonyl (C=O) groups excluding carboxylic acids is 1. The molecule has 4 heteroatoms. The van der Waals surface area contributed by atoms with Crippen molar-refractivity contribution in [3.63, 3.8) is 0 Å². The summed E-state index contributed by atoms with van der Waals surface area (Å²) in [5.41, 5.74) is 2.05. The fraction of sp³-hybridized carbons (Fsp3) is 0.462. The Bertz CT molecular complexity index is 793. The van der Waals surface area contributed by atoms with Crippen LogP contribution in [0.4, 0.5) is 0 Å². The first-order chi connectivity index (χ1) is 14.5. The molecule has 0 bridgehead atoms. The summed E-state index contributed by atoms with van der Waals surface area (Å²) in [6.07, 6.45) is 8.19. The maximum absolute atomic E-state index is 11.7. The van der Waals surface area contributed by atoms with Gasteiger partial charge in [0.15, 0.2) is 11.7 Å². The molecule has 0 aliphatic carbocycles. The van der Waals surface area contributed by atoms with Crippen LogP contribution in [0, 0.1) is 6.92 Å². The molecule has 1 atom stereocenters. The Kier molecular flexibility index (Phi) is 9.25. The van der Waals surface area contributed by atoms with Gasteiger partial charge in [0, 0.05) is 16.7 Å². The molecule has 0 saturated carbocycles. The minimum Gasteiger partial charge on any atom is -0.497 e. The van der Waals surface area contributed by atoms with Crippen LogP contribution in [0.2, 0.25) is 0 Å². The normalized spacial score (nSPS) is 12.9. The van der Waals surface area contributed by atoms with E-state index < -0.39 is 5.41 Å². The molecule has 0 spiro atoms. The zero-order chi connectivity index (χ0) is 22.0. The standard InChI is InChI=1S/C26H35O4/c1-5-6-7-8-9-10-15-30-23-13-11-22(12-14-23)26(2,3)25-20(18-27)16-24(29-4)17-21(25)19-28/h11-14,16-18,28H,2,5-10,15,19H2,1,3-4H3/q+1. The summed E-state index contributed by atoms with van der Waals surface area (Å²) < 4.78 is 11.1. The molecule has 1 unspecified atom stereocenters. The Morgan fingerprint density at radius 3 is 2.30 bits per heavy atom. The van der Waals surface area contributed by atoms with Crippen LogP contribution in [0.15, 0.2) is 36.4 Å². The zero-order valence-corrected chi connectivity index (χ0v) is 18.6. The average molecular weight is 412 g/mol. The van der Waals surface area contributed by atoms with Crippen molar-refractivity contribution in [3.05, 3.63) is 65.6 Å². The number of hydrogen-bond donors (Lipinski definition) is 1. The quantitative estimate of drug-likeness (QED) is 0.254. The second-order valence-electron chi connectivity index (χ2n) is 8.00. The van der Waals surface area contributed by atoms with Crippen LogP contribution in [0.5, 0.6) is 11.5 Å². The molecule has 0 fully saturated rings. The number of aliphatic hydroxyl groups is 1. The number of carbonyl (C=O) groups is 1. The van der Waals surface area contributed by atoms with Gasteiger partial charge in [0.1, 0.15) is 11.5 Å². The van der Waals surface area contributed by atoms with Crippen LogP contribution in [0.3, 0.4) is 0 Å². The molecular weight excluding hydrogens is 376 g/mol. The molecule has 0 saturated heterocycles. The topological polar surface area (TPSA) is 55.8 Å². The lowest BCUT2D eigenvalue weighted by atomic mass is 9.74. The highest BCUT2D eigenvalue weighted by Crippen LogP contribution is 2.38. The maximum Gasteiger partial charge on any atom is 0.153 e. The van der Waals surface area contributed by atoms with Crippen LogP contribution in [0.25, 0.3) is 0 Å². The molecule has 30 heavy (non-hydrogen) atoms. The molecule has 2 rings (SSSR count). The highest BCUT2D eigenvalue weighted by atomic mass is 16.5. The molecule has 0 aliphatic heterocycles. The van der Waals surface area contributed by atoms with Crippen LogP contribution >= 0.6 is 0 Å². The Morgan fingerprint density at radius 1 is 1.03 bits per heavy atom. The highest BCUT2D eigenvalue weighted by Gasteiger charge is 2.35. The molecular formula is C26H35O4+. The van der Waals surface area contributed by atoms with Crippen molar-refractivity contribution < 1.29 is 19.4 Å². The monoisotopic (exact) mass is 411 g/mol. The minimum atomic E-state index is -0.710. The van der Waals surface area contributed by atoms with E-state index in [1.54, 1.807) is 12.1 Å². The van der Waals surface area contributed by atoms with E-state index in [2.05, 4.69) is 13.8 Å². The van der Waals surface area contributed by atoms with E-state index >= 15 is 0 Å². The van der Waals surface area contributed by atoms with Crippen molar-refractivity contribution in [3.8, 4) is 11.5 Å². The van der Waals surface area contributed by atoms with E-state index in [-0.39, 0.29) is 6.61 Å². The summed E-state index contributed by atoms with van der Waals surface area (Å²) in [7, 11) is 1.54. The summed E-state index contributed by atoms with van der Waals surface area (Å²) in [5, 5.41) is 9.88. The molecule has 0 heterocycles. The van der Waals surface area contributed by atoms with Gasteiger partial charge in [-0.2, -0.15) is 0 Å². The van der Waals surface area contributed by atoms with Crippen LogP contribution in [-0.4, -0.2) is 25.1 Å². The lowest BCUT2D eigenvalue weighted by Gasteiger charge is -2.24. The smallest absolute Gasteiger partial charge is 0.153 e. The van der Waals surface area contributed by atoms with E-state index in [1.807, 2.05) is 31.2 Å². The van der Waals surface area contributed by atoms with Crippen molar-refractivity contribution >= 4 is 6.29 Å². The molecule has 4 nitrogen and oxygen atoms in total. The number of rotatable bonds is 13. The zero-order valence-electron chi connectivity index (χ0n) is 18.6. The van der Waals surface area contributed by atoms with Crippen LogP contribution < -0.4 is 9.47 Å². The van der Waals surface area contributed by atoms with E-state index in [4.69, 9.17) is 9.47 Å². The predicted octanol–water partition coefficient (Wildman–Crippen LogP) is 5.88. The van der Waals surface area contributed by atoms with Crippen molar-refractivity contribution in [2.24, 2.45) is 0 Å². The largest absolute Gasteiger partial charge is 0.497 e. The van der Waals surface area contributed by atoms with Crippen molar-refractivity contribution in [1.82, 2.24) is 0 Å². The second kappa shape index (κ2) is 11.7. The minimum absolute atomic E-state index is 0.196. The predicted molar refractivity (Wildman–Crippen MR) is 121 cm³/mol. The first-order valence-electron chi connectivity index (χ1n) is 10.8. The van der Waals surface area contributed by atoms with Crippen molar-refractivity contribution in [1.29, 1.82) is 0 Å². The Morgan fingerprint density at radius 2 is 1.70 bits per heavy atom. The average Bonchev–Trinajstić information content (AvgIpc) is 2.77. The molecule has 0 radical (unpaired) electrons. The molecule has 0 aliphatic rings. The summed E-state index contributed by atoms with van der Waals surface area (Å²) in [6, 6.07) is 11.3. The first-order valence-corrected chi connectivity index (χ1v) is 10.8. The fourth-order valence-corrected chi connectivity index (χ4v) is 3.84. The second-order valence-corrected chi connectivity index (χ2v) is 8.00. The Balaban J connectivity index is 2.11. The molecule has 2 aromatic rings. The van der Waals surface area contributed by atoms with E-state index in [0.717, 1.165) is 30.6 Å². The molecule has 2 aromatic carbocycles. The lowest BCUT2D eigenvalue weighted by Crippen LogP contribution is -2.24. The molecule has 0 amide bonds. The van der Waals surface area contributed by atoms with Gasteiger partial charge in [-0.15, -0.1) is 0 Å². The van der Waals surface area contributed by atoms with E-state index in [0.29, 0.717) is 22.4 Å². The maximum atomic E-state index is 11.7. The van der Waals surface area contributed by atoms with Gasteiger partial charge < -0.3 is 14.6 Å². The number of aliphatic hydroxyl groups excluding tert-OH is 1. The van der Waals surface area contributed by atoms with Gasteiger partial charge in [-0.25, -0.2) is 0 Å². The number of benzene rings is 2. The van der Waals surface area contributed by atoms with Gasteiger partial charge in [0.2, 0.25) is 0 Å². The van der Waals surface area contributed by atoms with Crippen LogP contribution in [0.1, 0.15) is 79.4 Å². The molecule has 162 valence electrons. The van der Waals surface area contributed by atoms with E-state index in [1.165, 1.54) is 39.2 Å². The fourth-order valence-electron chi connectivity index (χ4n) is 3.84. The third-order valence-corrected chi connectivity index (χ3v) is 5.57. The van der Waals surface area contributed by atoms with Crippen molar-refractivity contribution in [2.45, 2.75) is 64.4 Å². The third kappa shape index (κ3) is 6.02. The third-order valence-electron chi connectivity index (χ3n) is 5.57. The summed E-state index contributed by atoms with van der Waals surface area (Å²) in [6.45, 7) is 9.07. The van der Waals surface area contributed by atoms with Crippen LogP contribution in [-0.2, 0) is 12.0 Å². The van der Waals surface area contributed by atoms with Gasteiger partial charge in [-0.3, -0.25) is 4.79 Å². The van der Waals surface area contributed by atoms with Gasteiger partial charge >= 0.3 is 0 Å². The van der Waals surface area contributed by atoms with Gasteiger partial charge in [0.25, 0.3) is 0 Å². The summed E-state index contributed by atoms with van der Waals surface area (Å²) >= 11 is 0. The number of hydrogen-bond acceptors (Lipinski definition) is 4. The lowest BCUT2D eigenvalue weighted by molar-refractivity contribution is 0.112. The summed E-state index contributed by atoms with van der Waals surface area (Å²) in [5.74, 6) is 1.37.